The minimum atomic E-state index is -0.473. The highest BCUT2D eigenvalue weighted by atomic mass is 32.2. The Morgan fingerprint density at radius 2 is 1.73 bits per heavy atom. The van der Waals surface area contributed by atoms with Crippen LogP contribution in [-0.4, -0.2) is 34.3 Å². The van der Waals surface area contributed by atoms with E-state index in [2.05, 4.69) is 9.97 Å². The van der Waals surface area contributed by atoms with Gasteiger partial charge in [0.25, 0.3) is 5.56 Å². The molecule has 37 heavy (non-hydrogen) atoms. The van der Waals surface area contributed by atoms with E-state index in [1.165, 1.54) is 0 Å². The number of carbonyl (C=O) groups is 2. The van der Waals surface area contributed by atoms with Crippen LogP contribution in [0.15, 0.2) is 82.7 Å². The summed E-state index contributed by atoms with van der Waals surface area (Å²) < 4.78 is 16.2. The fraction of sp³-hybridized carbons (Fsp3) is 0.143. The highest BCUT2D eigenvalue weighted by Crippen LogP contribution is 2.36. The number of carbonyl (C=O) groups excluding carboxylic acids is 2. The summed E-state index contributed by atoms with van der Waals surface area (Å²) in [5, 5.41) is 0.344. The highest BCUT2D eigenvalue weighted by Gasteiger charge is 2.19. The maximum Gasteiger partial charge on any atom is 0.343 e. The zero-order valence-electron chi connectivity index (χ0n) is 19.9. The number of ether oxygens (including phenoxy) is 3. The SMILES string of the molecule is CCc1c(-c2ccc3c(c2)OCO3)nc(SCC(=O)c2ccc(OC(=O)c3ccccc3)cc2)[nH]c1=O. The number of benzene rings is 3. The van der Waals surface area contributed by atoms with E-state index in [4.69, 9.17) is 14.2 Å². The van der Waals surface area contributed by atoms with Gasteiger partial charge in [-0.2, -0.15) is 0 Å². The average Bonchev–Trinajstić information content (AvgIpc) is 3.40. The number of Topliss-reactive ketones (excluding diaryl/α,β-unsaturated/α-hetero) is 1. The third-order valence-electron chi connectivity index (χ3n) is 5.73. The van der Waals surface area contributed by atoms with Gasteiger partial charge in [-0.25, -0.2) is 9.78 Å². The van der Waals surface area contributed by atoms with Crippen molar-refractivity contribution in [3.8, 4) is 28.5 Å². The maximum atomic E-state index is 12.8. The Labute approximate surface area is 216 Å². The molecule has 0 unspecified atom stereocenters. The quantitative estimate of drug-likeness (QED) is 0.116. The Balaban J connectivity index is 1.28. The average molecular weight is 515 g/mol. The number of nitrogens with zero attached hydrogens (tertiary/aromatic N) is 1. The number of hydrogen-bond donors (Lipinski definition) is 1. The number of nitrogens with one attached hydrogen (secondary N) is 1. The molecule has 3 aromatic carbocycles. The molecule has 1 aliphatic heterocycles. The topological polar surface area (TPSA) is 108 Å². The summed E-state index contributed by atoms with van der Waals surface area (Å²) in [7, 11) is 0. The van der Waals surface area contributed by atoms with Gasteiger partial charge >= 0.3 is 5.97 Å². The van der Waals surface area contributed by atoms with Gasteiger partial charge < -0.3 is 19.2 Å². The molecule has 2 heterocycles. The van der Waals surface area contributed by atoms with Crippen molar-refractivity contribution in [2.24, 2.45) is 0 Å². The summed E-state index contributed by atoms with van der Waals surface area (Å²) in [6.45, 7) is 2.04. The van der Waals surface area contributed by atoms with Crippen molar-refractivity contribution in [2.45, 2.75) is 18.5 Å². The molecule has 0 atom stereocenters. The number of ketones is 1. The standard InChI is InChI=1S/C28H22N2O6S/c1-2-21-25(19-10-13-23-24(14-19)35-16-34-23)29-28(30-26(21)32)37-15-22(31)17-8-11-20(12-9-17)36-27(33)18-6-4-3-5-7-18/h3-14H,2,15-16H2,1H3,(H,29,30,32). The Morgan fingerprint density at radius 1 is 0.973 bits per heavy atom. The zero-order chi connectivity index (χ0) is 25.8. The highest BCUT2D eigenvalue weighted by molar-refractivity contribution is 7.99. The van der Waals surface area contributed by atoms with Crippen molar-refractivity contribution in [1.82, 2.24) is 9.97 Å². The molecule has 4 aromatic rings. The first-order valence-corrected chi connectivity index (χ1v) is 12.6. The molecule has 0 saturated carbocycles. The van der Waals surface area contributed by atoms with Gasteiger partial charge in [0, 0.05) is 16.7 Å². The Bertz CT molecular complexity index is 1520. The Kier molecular flexibility index (Phi) is 7.04. The molecule has 0 radical (unpaired) electrons. The summed E-state index contributed by atoms with van der Waals surface area (Å²) >= 11 is 1.15. The zero-order valence-corrected chi connectivity index (χ0v) is 20.7. The van der Waals surface area contributed by atoms with E-state index in [1.54, 1.807) is 60.7 Å². The van der Waals surface area contributed by atoms with Crippen LogP contribution in [-0.2, 0) is 6.42 Å². The summed E-state index contributed by atoms with van der Waals surface area (Å²) in [6.07, 6.45) is 0.497. The molecule has 5 rings (SSSR count). The van der Waals surface area contributed by atoms with Crippen molar-refractivity contribution in [3.63, 3.8) is 0 Å². The monoisotopic (exact) mass is 514 g/mol. The number of esters is 1. The second kappa shape index (κ2) is 10.7. The van der Waals surface area contributed by atoms with Gasteiger partial charge in [-0.1, -0.05) is 36.9 Å². The number of aromatic amines is 1. The van der Waals surface area contributed by atoms with Crippen LogP contribution < -0.4 is 19.8 Å². The van der Waals surface area contributed by atoms with Crippen LogP contribution in [0, 0.1) is 0 Å². The summed E-state index contributed by atoms with van der Waals surface area (Å²) in [5.74, 6) is 1.03. The molecule has 0 fully saturated rings. The van der Waals surface area contributed by atoms with E-state index >= 15 is 0 Å². The van der Waals surface area contributed by atoms with Crippen LogP contribution in [0.3, 0.4) is 0 Å². The van der Waals surface area contributed by atoms with Crippen molar-refractivity contribution in [1.29, 1.82) is 0 Å². The van der Waals surface area contributed by atoms with E-state index in [9.17, 15) is 14.4 Å². The molecule has 1 aromatic heterocycles. The predicted molar refractivity (Wildman–Crippen MR) is 139 cm³/mol. The maximum absolute atomic E-state index is 12.8. The number of hydrogen-bond acceptors (Lipinski definition) is 8. The van der Waals surface area contributed by atoms with Crippen molar-refractivity contribution in [2.75, 3.05) is 12.5 Å². The van der Waals surface area contributed by atoms with E-state index in [-0.39, 0.29) is 23.9 Å². The molecule has 0 spiro atoms. The lowest BCUT2D eigenvalue weighted by atomic mass is 10.0. The fourth-order valence-corrected chi connectivity index (χ4v) is 4.58. The molecule has 0 aliphatic carbocycles. The Hall–Kier alpha value is -4.37. The molecule has 0 amide bonds. The van der Waals surface area contributed by atoms with Gasteiger partial charge in [0.2, 0.25) is 6.79 Å². The lowest BCUT2D eigenvalue weighted by Crippen LogP contribution is -2.17. The van der Waals surface area contributed by atoms with Gasteiger partial charge in [0.05, 0.1) is 17.0 Å². The minimum Gasteiger partial charge on any atom is -0.454 e. The van der Waals surface area contributed by atoms with Crippen molar-refractivity contribution in [3.05, 3.63) is 99.8 Å². The van der Waals surface area contributed by atoms with Crippen LogP contribution >= 0.6 is 11.8 Å². The molecular formula is C28H22N2O6S. The number of fused-ring (bicyclic) bond motifs is 1. The van der Waals surface area contributed by atoms with Gasteiger partial charge in [-0.05, 0) is 61.0 Å². The van der Waals surface area contributed by atoms with Crippen LogP contribution in [0.2, 0.25) is 0 Å². The molecular weight excluding hydrogens is 492 g/mol. The van der Waals surface area contributed by atoms with Gasteiger partial charge in [0.1, 0.15) is 5.75 Å². The van der Waals surface area contributed by atoms with Crippen LogP contribution in [0.4, 0.5) is 0 Å². The molecule has 186 valence electrons. The van der Waals surface area contributed by atoms with Gasteiger partial charge in [-0.15, -0.1) is 0 Å². The lowest BCUT2D eigenvalue weighted by molar-refractivity contribution is 0.0734. The smallest absolute Gasteiger partial charge is 0.343 e. The number of aromatic nitrogens is 2. The summed E-state index contributed by atoms with van der Waals surface area (Å²) in [4.78, 5) is 45.2. The minimum absolute atomic E-state index is 0.0676. The van der Waals surface area contributed by atoms with E-state index in [0.29, 0.717) is 51.2 Å². The van der Waals surface area contributed by atoms with Crippen molar-refractivity contribution < 1.29 is 23.8 Å². The third-order valence-corrected chi connectivity index (χ3v) is 6.60. The first-order valence-electron chi connectivity index (χ1n) is 11.6. The molecule has 1 N–H and O–H groups in total. The predicted octanol–water partition coefficient (Wildman–Crippen LogP) is 4.92. The second-order valence-corrected chi connectivity index (χ2v) is 9.08. The molecule has 0 bridgehead atoms. The molecule has 0 saturated heterocycles. The van der Waals surface area contributed by atoms with E-state index < -0.39 is 5.97 Å². The summed E-state index contributed by atoms with van der Waals surface area (Å²) in [5.41, 5.74) is 2.48. The van der Waals surface area contributed by atoms with Crippen LogP contribution in [0.5, 0.6) is 17.2 Å². The number of H-pyrrole nitrogens is 1. The van der Waals surface area contributed by atoms with Gasteiger partial charge in [-0.3, -0.25) is 9.59 Å². The normalized spacial score (nSPS) is 11.8. The van der Waals surface area contributed by atoms with Crippen molar-refractivity contribution >= 4 is 23.5 Å². The first kappa shape index (κ1) is 24.3. The Morgan fingerprint density at radius 3 is 2.49 bits per heavy atom. The number of rotatable bonds is 8. The van der Waals surface area contributed by atoms with Gasteiger partial charge in [0.15, 0.2) is 22.4 Å². The first-order chi connectivity index (χ1) is 18.0. The molecule has 1 aliphatic rings. The summed E-state index contributed by atoms with van der Waals surface area (Å²) in [6, 6.07) is 20.4. The van der Waals surface area contributed by atoms with Crippen LogP contribution in [0.1, 0.15) is 33.2 Å². The van der Waals surface area contributed by atoms with Crippen LogP contribution in [0.25, 0.3) is 11.3 Å². The lowest BCUT2D eigenvalue weighted by Gasteiger charge is -2.10. The second-order valence-electron chi connectivity index (χ2n) is 8.11. The number of thioether (sulfide) groups is 1. The van der Waals surface area contributed by atoms with E-state index in [0.717, 1.165) is 17.3 Å². The molecule has 9 heteroatoms. The fourth-order valence-electron chi connectivity index (χ4n) is 3.82. The largest absolute Gasteiger partial charge is 0.454 e. The third kappa shape index (κ3) is 5.41. The van der Waals surface area contributed by atoms with E-state index in [1.807, 2.05) is 19.1 Å². The molecule has 8 nitrogen and oxygen atoms in total.